The monoisotopic (exact) mass is 306 g/mol. The molecule has 0 bridgehead atoms. The highest BCUT2D eigenvalue weighted by Crippen LogP contribution is 2.47. The average Bonchev–Trinajstić information content (AvgIpc) is 3.04. The topological polar surface area (TPSA) is 43.8 Å². The Bertz CT molecular complexity index is 429. The molecule has 21 heavy (non-hydrogen) atoms. The lowest BCUT2D eigenvalue weighted by atomic mass is 9.86. The molecule has 0 radical (unpaired) electrons. The van der Waals surface area contributed by atoms with E-state index in [9.17, 15) is 18.0 Å². The highest BCUT2D eigenvalue weighted by molar-refractivity contribution is 5.76. The number of rotatable bonds is 2. The van der Waals surface area contributed by atoms with Gasteiger partial charge in [-0.3, -0.25) is 9.69 Å². The van der Waals surface area contributed by atoms with E-state index in [2.05, 4.69) is 4.90 Å². The van der Waals surface area contributed by atoms with Crippen LogP contribution in [0, 0.1) is 5.41 Å². The molecular weight excluding hydrogens is 285 g/mol. The summed E-state index contributed by atoms with van der Waals surface area (Å²) in [5, 5.41) is 9.11. The van der Waals surface area contributed by atoms with Crippen molar-refractivity contribution in [1.82, 2.24) is 9.80 Å². The lowest BCUT2D eigenvalue weighted by Gasteiger charge is -2.39. The Labute approximate surface area is 121 Å². The first-order chi connectivity index (χ1) is 9.83. The molecule has 1 N–H and O–H groups in total. The second kappa shape index (κ2) is 5.12. The van der Waals surface area contributed by atoms with E-state index in [1.807, 2.05) is 0 Å². The number of fused-ring (bicyclic) bond motifs is 1. The van der Waals surface area contributed by atoms with E-state index in [1.165, 1.54) is 6.42 Å². The molecule has 0 aromatic rings. The lowest BCUT2D eigenvalue weighted by molar-refractivity contribution is -0.228. The van der Waals surface area contributed by atoms with E-state index in [-0.39, 0.29) is 25.6 Å². The standard InChI is InChI=1S/C14H21F3N2O2/c15-14(16,17)13(12(20)21)4-7-19(9-13)11-3-6-18-5-1-2-10(18)8-11/h10-11H,1-9H2,(H,20,21). The minimum Gasteiger partial charge on any atom is -0.481 e. The van der Waals surface area contributed by atoms with Crippen molar-refractivity contribution >= 4 is 5.97 Å². The number of hydrogen-bond acceptors (Lipinski definition) is 3. The molecule has 120 valence electrons. The van der Waals surface area contributed by atoms with Gasteiger partial charge >= 0.3 is 12.1 Å². The van der Waals surface area contributed by atoms with Crippen LogP contribution in [-0.4, -0.2) is 65.3 Å². The van der Waals surface area contributed by atoms with Gasteiger partial charge < -0.3 is 10.0 Å². The average molecular weight is 306 g/mol. The predicted octanol–water partition coefficient (Wildman–Crippen LogP) is 1.95. The minimum absolute atomic E-state index is 0.105. The molecule has 3 rings (SSSR count). The van der Waals surface area contributed by atoms with Gasteiger partial charge in [0.1, 0.15) is 0 Å². The summed E-state index contributed by atoms with van der Waals surface area (Å²) >= 11 is 0. The number of aliphatic carboxylic acids is 1. The van der Waals surface area contributed by atoms with E-state index >= 15 is 0 Å². The second-order valence-corrected chi connectivity index (χ2v) is 6.62. The summed E-state index contributed by atoms with van der Waals surface area (Å²) in [7, 11) is 0. The maximum atomic E-state index is 13.2. The number of carboxylic acid groups (broad SMARTS) is 1. The van der Waals surface area contributed by atoms with Gasteiger partial charge in [0.15, 0.2) is 5.41 Å². The Kier molecular flexibility index (Phi) is 3.68. The molecule has 0 saturated carbocycles. The van der Waals surface area contributed by atoms with Gasteiger partial charge in [-0.05, 0) is 51.7 Å². The van der Waals surface area contributed by atoms with Gasteiger partial charge in [-0.15, -0.1) is 0 Å². The zero-order valence-corrected chi connectivity index (χ0v) is 11.9. The van der Waals surface area contributed by atoms with Crippen molar-refractivity contribution in [2.24, 2.45) is 5.41 Å². The fourth-order valence-electron chi connectivity index (χ4n) is 4.21. The molecule has 0 aromatic carbocycles. The summed E-state index contributed by atoms with van der Waals surface area (Å²) < 4.78 is 39.6. The summed E-state index contributed by atoms with van der Waals surface area (Å²) in [6, 6.07) is 0.586. The first-order valence-corrected chi connectivity index (χ1v) is 7.62. The van der Waals surface area contributed by atoms with Gasteiger partial charge in [0.2, 0.25) is 0 Å². The number of carboxylic acids is 1. The quantitative estimate of drug-likeness (QED) is 0.847. The third kappa shape index (κ3) is 2.44. The maximum Gasteiger partial charge on any atom is 0.406 e. The van der Waals surface area contributed by atoms with Gasteiger partial charge in [0.05, 0.1) is 0 Å². The molecule has 7 heteroatoms. The third-order valence-electron chi connectivity index (χ3n) is 5.56. The van der Waals surface area contributed by atoms with Crippen LogP contribution in [0.25, 0.3) is 0 Å². The number of piperidine rings is 1. The lowest BCUT2D eigenvalue weighted by Crippen LogP contribution is -2.51. The molecule has 3 saturated heterocycles. The molecule has 3 heterocycles. The number of halogens is 3. The Morgan fingerprint density at radius 3 is 2.43 bits per heavy atom. The van der Waals surface area contributed by atoms with E-state index in [1.54, 1.807) is 4.90 Å². The van der Waals surface area contributed by atoms with Crippen molar-refractivity contribution in [2.45, 2.75) is 50.4 Å². The third-order valence-corrected chi connectivity index (χ3v) is 5.56. The van der Waals surface area contributed by atoms with Crippen molar-refractivity contribution in [1.29, 1.82) is 0 Å². The van der Waals surface area contributed by atoms with Gasteiger partial charge in [0, 0.05) is 18.6 Å². The summed E-state index contributed by atoms with van der Waals surface area (Å²) in [6.45, 7) is 1.88. The molecule has 3 aliphatic rings. The molecule has 0 aliphatic carbocycles. The number of likely N-dealkylation sites (tertiary alicyclic amines) is 1. The van der Waals surface area contributed by atoms with Crippen LogP contribution in [0.5, 0.6) is 0 Å². The van der Waals surface area contributed by atoms with Crippen molar-refractivity contribution in [3.63, 3.8) is 0 Å². The van der Waals surface area contributed by atoms with Gasteiger partial charge in [0.25, 0.3) is 0 Å². The smallest absolute Gasteiger partial charge is 0.406 e. The van der Waals surface area contributed by atoms with Crippen molar-refractivity contribution in [3.05, 3.63) is 0 Å². The minimum atomic E-state index is -4.68. The van der Waals surface area contributed by atoms with Gasteiger partial charge in [-0.1, -0.05) is 0 Å². The molecule has 4 nitrogen and oxygen atoms in total. The van der Waals surface area contributed by atoms with Gasteiger partial charge in [-0.2, -0.15) is 13.2 Å². The van der Waals surface area contributed by atoms with E-state index in [0.717, 1.165) is 32.4 Å². The Morgan fingerprint density at radius 1 is 1.10 bits per heavy atom. The second-order valence-electron chi connectivity index (χ2n) is 6.62. The molecular formula is C14H21F3N2O2. The molecule has 3 fully saturated rings. The number of alkyl halides is 3. The number of hydrogen-bond donors (Lipinski definition) is 1. The molecule has 3 atom stereocenters. The predicted molar refractivity (Wildman–Crippen MR) is 69.9 cm³/mol. The fourth-order valence-corrected chi connectivity index (χ4v) is 4.21. The highest BCUT2D eigenvalue weighted by atomic mass is 19.4. The molecule has 0 spiro atoms. The zero-order valence-electron chi connectivity index (χ0n) is 11.9. The number of nitrogens with zero attached hydrogens (tertiary/aromatic N) is 2. The SMILES string of the molecule is O=C(O)C1(C(F)(F)F)CCN(C2CCN3CCCC3C2)C1. The summed E-state index contributed by atoms with van der Waals surface area (Å²) in [6.07, 6.45) is -0.983. The molecule has 0 aromatic heterocycles. The van der Waals surface area contributed by atoms with Crippen LogP contribution in [0.3, 0.4) is 0 Å². The summed E-state index contributed by atoms with van der Waals surface area (Å²) in [5.74, 6) is -1.73. The van der Waals surface area contributed by atoms with E-state index in [4.69, 9.17) is 5.11 Å². The highest BCUT2D eigenvalue weighted by Gasteiger charge is 2.64. The zero-order chi connectivity index (χ0) is 15.3. The Balaban J connectivity index is 1.70. The van der Waals surface area contributed by atoms with Crippen LogP contribution < -0.4 is 0 Å². The van der Waals surface area contributed by atoms with Crippen LogP contribution in [-0.2, 0) is 4.79 Å². The molecule has 3 unspecified atom stereocenters. The normalized spacial score (nSPS) is 38.6. The number of carbonyl (C=O) groups is 1. The van der Waals surface area contributed by atoms with E-state index in [0.29, 0.717) is 6.04 Å². The van der Waals surface area contributed by atoms with Crippen LogP contribution in [0.4, 0.5) is 13.2 Å². The van der Waals surface area contributed by atoms with Crippen LogP contribution in [0.2, 0.25) is 0 Å². The summed E-state index contributed by atoms with van der Waals surface area (Å²) in [5.41, 5.74) is -2.57. The first-order valence-electron chi connectivity index (χ1n) is 7.62. The summed E-state index contributed by atoms with van der Waals surface area (Å²) in [4.78, 5) is 15.4. The maximum absolute atomic E-state index is 13.2. The van der Waals surface area contributed by atoms with Crippen molar-refractivity contribution in [2.75, 3.05) is 26.2 Å². The van der Waals surface area contributed by atoms with Crippen LogP contribution >= 0.6 is 0 Å². The van der Waals surface area contributed by atoms with Gasteiger partial charge in [-0.25, -0.2) is 0 Å². The van der Waals surface area contributed by atoms with E-state index < -0.39 is 17.6 Å². The van der Waals surface area contributed by atoms with Crippen LogP contribution in [0.15, 0.2) is 0 Å². The molecule has 3 aliphatic heterocycles. The van der Waals surface area contributed by atoms with Crippen molar-refractivity contribution < 1.29 is 23.1 Å². The first kappa shape index (κ1) is 15.1. The van der Waals surface area contributed by atoms with Crippen molar-refractivity contribution in [3.8, 4) is 0 Å². The molecule has 0 amide bonds. The largest absolute Gasteiger partial charge is 0.481 e. The van der Waals surface area contributed by atoms with Crippen LogP contribution in [0.1, 0.15) is 32.1 Å². The fraction of sp³-hybridized carbons (Fsp3) is 0.929. The Hall–Kier alpha value is -0.820. The Morgan fingerprint density at radius 2 is 1.81 bits per heavy atom.